The van der Waals surface area contributed by atoms with Gasteiger partial charge in [0.2, 0.25) is 0 Å². The molecular formula is C12H11BrN2OS. The molecule has 88 valence electrons. The number of hydrogen-bond donors (Lipinski definition) is 1. The average Bonchev–Trinajstić information content (AvgIpc) is 2.82. The van der Waals surface area contributed by atoms with Gasteiger partial charge in [-0.1, -0.05) is 12.1 Å². The minimum atomic E-state index is -0.0611. The third kappa shape index (κ3) is 3.38. The fourth-order valence-corrected chi connectivity index (χ4v) is 2.49. The van der Waals surface area contributed by atoms with Crippen LogP contribution in [-0.2, 0) is 6.42 Å². The molecule has 0 saturated carbocycles. The van der Waals surface area contributed by atoms with E-state index in [0.717, 1.165) is 15.9 Å². The molecule has 1 aromatic carbocycles. The second kappa shape index (κ2) is 5.93. The van der Waals surface area contributed by atoms with Gasteiger partial charge in [0.25, 0.3) is 5.91 Å². The van der Waals surface area contributed by atoms with Crippen molar-refractivity contribution in [1.29, 1.82) is 0 Å². The monoisotopic (exact) mass is 310 g/mol. The first-order valence-corrected chi connectivity index (χ1v) is 6.86. The molecule has 0 aliphatic heterocycles. The molecule has 0 atom stereocenters. The number of benzene rings is 1. The molecule has 0 radical (unpaired) electrons. The number of carbonyl (C=O) groups excluding carboxylic acids is 1. The van der Waals surface area contributed by atoms with Crippen molar-refractivity contribution in [3.63, 3.8) is 0 Å². The number of carbonyl (C=O) groups is 1. The summed E-state index contributed by atoms with van der Waals surface area (Å²) in [6.07, 6.45) is 2.55. The highest BCUT2D eigenvalue weighted by Crippen LogP contribution is 2.15. The van der Waals surface area contributed by atoms with Gasteiger partial charge in [-0.15, -0.1) is 11.3 Å². The molecular weight excluding hydrogens is 300 g/mol. The lowest BCUT2D eigenvalue weighted by Gasteiger charge is -2.05. The fourth-order valence-electron chi connectivity index (χ4n) is 1.40. The van der Waals surface area contributed by atoms with Crippen molar-refractivity contribution < 1.29 is 4.79 Å². The van der Waals surface area contributed by atoms with Gasteiger partial charge < -0.3 is 5.32 Å². The maximum absolute atomic E-state index is 11.8. The molecule has 5 heteroatoms. The molecule has 0 aliphatic rings. The topological polar surface area (TPSA) is 42.0 Å². The van der Waals surface area contributed by atoms with E-state index in [1.807, 2.05) is 23.6 Å². The highest BCUT2D eigenvalue weighted by atomic mass is 79.9. The Kier molecular flexibility index (Phi) is 4.28. The predicted molar refractivity (Wildman–Crippen MR) is 72.3 cm³/mol. The van der Waals surface area contributed by atoms with Gasteiger partial charge in [-0.2, -0.15) is 0 Å². The van der Waals surface area contributed by atoms with Crippen molar-refractivity contribution in [3.05, 3.63) is 50.9 Å². The van der Waals surface area contributed by atoms with E-state index in [1.165, 1.54) is 0 Å². The standard InChI is InChI=1S/C12H11BrN2OS/c13-10-4-2-1-3-9(10)12(16)15-6-5-11-14-7-8-17-11/h1-4,7-8H,5-6H2,(H,15,16). The van der Waals surface area contributed by atoms with E-state index in [9.17, 15) is 4.79 Å². The summed E-state index contributed by atoms with van der Waals surface area (Å²) in [6, 6.07) is 7.38. The summed E-state index contributed by atoms with van der Waals surface area (Å²) < 4.78 is 0.812. The average molecular weight is 311 g/mol. The number of rotatable bonds is 4. The lowest BCUT2D eigenvalue weighted by molar-refractivity contribution is 0.0953. The van der Waals surface area contributed by atoms with Crippen LogP contribution in [0.3, 0.4) is 0 Å². The molecule has 0 saturated heterocycles. The largest absolute Gasteiger partial charge is 0.352 e. The Morgan fingerprint density at radius 1 is 1.41 bits per heavy atom. The maximum atomic E-state index is 11.8. The van der Waals surface area contributed by atoms with Gasteiger partial charge in [0.15, 0.2) is 0 Å². The van der Waals surface area contributed by atoms with Gasteiger partial charge in [-0.25, -0.2) is 4.98 Å². The van der Waals surface area contributed by atoms with E-state index >= 15 is 0 Å². The molecule has 0 aliphatic carbocycles. The zero-order chi connectivity index (χ0) is 12.1. The number of halogens is 1. The van der Waals surface area contributed by atoms with Crippen LogP contribution in [0.4, 0.5) is 0 Å². The Hall–Kier alpha value is -1.20. The Morgan fingerprint density at radius 3 is 2.94 bits per heavy atom. The minimum absolute atomic E-state index is 0.0611. The number of thiazole rings is 1. The van der Waals surface area contributed by atoms with Crippen molar-refractivity contribution in [2.24, 2.45) is 0 Å². The van der Waals surface area contributed by atoms with Gasteiger partial charge in [-0.3, -0.25) is 4.79 Å². The van der Waals surface area contributed by atoms with Crippen LogP contribution in [0.15, 0.2) is 40.3 Å². The lowest BCUT2D eigenvalue weighted by Crippen LogP contribution is -2.25. The second-order valence-electron chi connectivity index (χ2n) is 3.41. The second-order valence-corrected chi connectivity index (χ2v) is 5.25. The summed E-state index contributed by atoms with van der Waals surface area (Å²) in [5, 5.41) is 5.85. The summed E-state index contributed by atoms with van der Waals surface area (Å²) in [5.74, 6) is -0.0611. The Balaban J connectivity index is 1.88. The zero-order valence-electron chi connectivity index (χ0n) is 9.02. The molecule has 1 N–H and O–H groups in total. The predicted octanol–water partition coefficient (Wildman–Crippen LogP) is 2.88. The Labute approximate surface area is 112 Å². The number of aromatic nitrogens is 1. The molecule has 3 nitrogen and oxygen atoms in total. The highest BCUT2D eigenvalue weighted by molar-refractivity contribution is 9.10. The van der Waals surface area contributed by atoms with Crippen LogP contribution in [-0.4, -0.2) is 17.4 Å². The van der Waals surface area contributed by atoms with E-state index in [0.29, 0.717) is 12.1 Å². The molecule has 0 fully saturated rings. The molecule has 2 rings (SSSR count). The van der Waals surface area contributed by atoms with Crippen molar-refractivity contribution >= 4 is 33.2 Å². The summed E-state index contributed by atoms with van der Waals surface area (Å²) in [5.41, 5.74) is 0.659. The molecule has 2 aromatic rings. The SMILES string of the molecule is O=C(NCCc1nccs1)c1ccccc1Br. The van der Waals surface area contributed by atoms with Crippen LogP contribution in [0.1, 0.15) is 15.4 Å². The van der Waals surface area contributed by atoms with Crippen LogP contribution in [0.2, 0.25) is 0 Å². The Morgan fingerprint density at radius 2 is 2.24 bits per heavy atom. The first-order valence-electron chi connectivity index (χ1n) is 5.18. The number of hydrogen-bond acceptors (Lipinski definition) is 3. The van der Waals surface area contributed by atoms with Crippen LogP contribution in [0.5, 0.6) is 0 Å². The van der Waals surface area contributed by atoms with Crippen molar-refractivity contribution in [3.8, 4) is 0 Å². The van der Waals surface area contributed by atoms with Crippen molar-refractivity contribution in [2.45, 2.75) is 6.42 Å². The first-order chi connectivity index (χ1) is 8.27. The zero-order valence-corrected chi connectivity index (χ0v) is 11.4. The van der Waals surface area contributed by atoms with Crippen LogP contribution < -0.4 is 5.32 Å². The molecule has 1 heterocycles. The quantitative estimate of drug-likeness (QED) is 0.943. The highest BCUT2D eigenvalue weighted by Gasteiger charge is 2.08. The van der Waals surface area contributed by atoms with Gasteiger partial charge in [0, 0.05) is 29.0 Å². The van der Waals surface area contributed by atoms with E-state index in [1.54, 1.807) is 23.6 Å². The maximum Gasteiger partial charge on any atom is 0.252 e. The van der Waals surface area contributed by atoms with Crippen molar-refractivity contribution in [2.75, 3.05) is 6.54 Å². The molecule has 0 spiro atoms. The van der Waals surface area contributed by atoms with Crippen LogP contribution in [0.25, 0.3) is 0 Å². The molecule has 0 bridgehead atoms. The Bertz CT molecular complexity index is 499. The van der Waals surface area contributed by atoms with Crippen LogP contribution >= 0.6 is 27.3 Å². The number of nitrogens with one attached hydrogen (secondary N) is 1. The molecule has 0 unspecified atom stereocenters. The number of amides is 1. The minimum Gasteiger partial charge on any atom is -0.352 e. The smallest absolute Gasteiger partial charge is 0.252 e. The van der Waals surface area contributed by atoms with E-state index in [-0.39, 0.29) is 5.91 Å². The molecule has 1 amide bonds. The van der Waals surface area contributed by atoms with E-state index in [2.05, 4.69) is 26.2 Å². The summed E-state index contributed by atoms with van der Waals surface area (Å²) in [7, 11) is 0. The first kappa shape index (κ1) is 12.3. The van der Waals surface area contributed by atoms with E-state index in [4.69, 9.17) is 0 Å². The van der Waals surface area contributed by atoms with Gasteiger partial charge in [-0.05, 0) is 28.1 Å². The van der Waals surface area contributed by atoms with Gasteiger partial charge in [0.05, 0.1) is 10.6 Å². The fraction of sp³-hybridized carbons (Fsp3) is 0.167. The van der Waals surface area contributed by atoms with Gasteiger partial charge in [0.1, 0.15) is 0 Å². The van der Waals surface area contributed by atoms with E-state index < -0.39 is 0 Å². The summed E-state index contributed by atoms with van der Waals surface area (Å²) in [6.45, 7) is 0.605. The van der Waals surface area contributed by atoms with Crippen LogP contribution in [0, 0.1) is 0 Å². The van der Waals surface area contributed by atoms with Crippen molar-refractivity contribution in [1.82, 2.24) is 10.3 Å². The molecule has 17 heavy (non-hydrogen) atoms. The normalized spacial score (nSPS) is 10.2. The summed E-state index contributed by atoms with van der Waals surface area (Å²) in [4.78, 5) is 16.0. The summed E-state index contributed by atoms with van der Waals surface area (Å²) >= 11 is 4.96. The third-order valence-corrected chi connectivity index (χ3v) is 3.76. The third-order valence-electron chi connectivity index (χ3n) is 2.23. The number of nitrogens with zero attached hydrogens (tertiary/aromatic N) is 1. The van der Waals surface area contributed by atoms with Gasteiger partial charge >= 0.3 is 0 Å². The molecule has 1 aromatic heterocycles. The lowest BCUT2D eigenvalue weighted by atomic mass is 10.2.